The number of imide groups is 1. The van der Waals surface area contributed by atoms with Crippen LogP contribution in [-0.2, 0) is 16.2 Å². The van der Waals surface area contributed by atoms with Gasteiger partial charge in [-0.1, -0.05) is 24.3 Å². The lowest BCUT2D eigenvalue weighted by atomic mass is 9.85. The molecule has 6 rings (SSSR count). The normalized spacial score (nSPS) is 23.7. The molecule has 0 unspecified atom stereocenters. The number of anilines is 1. The predicted molar refractivity (Wildman–Crippen MR) is 131 cm³/mol. The van der Waals surface area contributed by atoms with E-state index in [0.717, 1.165) is 12.0 Å². The number of non-ortho nitro benzene ring substituents is 1. The quantitative estimate of drug-likeness (QED) is 0.197. The molecule has 8 heteroatoms. The maximum Gasteiger partial charge on any atom is 0.269 e. The third-order valence-corrected chi connectivity index (χ3v) is 7.18. The largest absolute Gasteiger partial charge is 0.489 e. The van der Waals surface area contributed by atoms with E-state index < -0.39 is 4.92 Å². The van der Waals surface area contributed by atoms with Crippen molar-refractivity contribution < 1.29 is 24.0 Å². The highest BCUT2D eigenvalue weighted by atomic mass is 16.6. The molecule has 180 valence electrons. The molecule has 4 atom stereocenters. The Balaban J connectivity index is 1.05. The van der Waals surface area contributed by atoms with Crippen molar-refractivity contribution in [3.8, 4) is 17.2 Å². The molecule has 2 amide bonds. The maximum absolute atomic E-state index is 13.0. The molecule has 0 N–H and O–H groups in total. The molecule has 1 heterocycles. The van der Waals surface area contributed by atoms with Crippen molar-refractivity contribution in [3.63, 3.8) is 0 Å². The van der Waals surface area contributed by atoms with E-state index in [0.29, 0.717) is 29.5 Å². The number of hydrogen-bond donors (Lipinski definition) is 0. The zero-order chi connectivity index (χ0) is 24.8. The van der Waals surface area contributed by atoms with Crippen LogP contribution in [-0.4, -0.2) is 16.7 Å². The van der Waals surface area contributed by atoms with Crippen molar-refractivity contribution in [2.45, 2.75) is 13.0 Å². The standard InChI is InChI=1S/C28H22N2O6/c31-27-25-18-3-4-19(15-18)26(25)28(32)29(27)20-5-11-22(12-6-20)35-16-17-1-9-23(10-2-17)36-24-13-7-21(8-14-24)30(33)34/h1-14,18-19,25-26H,15-16H2/t18-,19+,25-,26+. The van der Waals surface area contributed by atoms with Gasteiger partial charge < -0.3 is 9.47 Å². The van der Waals surface area contributed by atoms with Gasteiger partial charge in [-0.15, -0.1) is 0 Å². The van der Waals surface area contributed by atoms with Crippen LogP contribution in [0.25, 0.3) is 0 Å². The summed E-state index contributed by atoms with van der Waals surface area (Å²) in [6.45, 7) is 0.331. The number of carbonyl (C=O) groups excluding carboxylic acids is 2. The third-order valence-electron chi connectivity index (χ3n) is 7.18. The number of rotatable bonds is 7. The summed E-state index contributed by atoms with van der Waals surface area (Å²) in [5.41, 5.74) is 1.52. The van der Waals surface area contributed by atoms with Gasteiger partial charge in [0.15, 0.2) is 0 Å². The number of carbonyl (C=O) groups is 2. The molecular weight excluding hydrogens is 460 g/mol. The molecular formula is C28H22N2O6. The Morgan fingerprint density at radius 1 is 0.778 bits per heavy atom. The molecule has 36 heavy (non-hydrogen) atoms. The summed E-state index contributed by atoms with van der Waals surface area (Å²) < 4.78 is 11.6. The summed E-state index contributed by atoms with van der Waals surface area (Å²) in [5.74, 6) is 1.51. The predicted octanol–water partition coefficient (Wildman–Crippen LogP) is 5.28. The maximum atomic E-state index is 13.0. The van der Waals surface area contributed by atoms with Crippen LogP contribution in [0, 0.1) is 33.8 Å². The molecule has 2 aliphatic carbocycles. The molecule has 8 nitrogen and oxygen atoms in total. The van der Waals surface area contributed by atoms with Gasteiger partial charge in [0.2, 0.25) is 11.8 Å². The first-order valence-corrected chi connectivity index (χ1v) is 11.8. The van der Waals surface area contributed by atoms with Crippen molar-refractivity contribution in [2.75, 3.05) is 4.90 Å². The number of nitrogens with zero attached hydrogens (tertiary/aromatic N) is 2. The summed E-state index contributed by atoms with van der Waals surface area (Å²) >= 11 is 0. The second-order valence-corrected chi connectivity index (χ2v) is 9.29. The SMILES string of the molecule is O=C1[C@@H]2[C@H](C(=O)N1c1ccc(OCc3ccc(Oc4ccc([N+](=O)[O-])cc4)cc3)cc1)[C@@H]1C=C[C@H]2C1. The van der Waals surface area contributed by atoms with E-state index in [1.807, 2.05) is 12.1 Å². The van der Waals surface area contributed by atoms with Crippen LogP contribution in [0.5, 0.6) is 17.2 Å². The van der Waals surface area contributed by atoms with Gasteiger partial charge in [0.25, 0.3) is 5.69 Å². The first-order valence-electron chi connectivity index (χ1n) is 11.8. The highest BCUT2D eigenvalue weighted by molar-refractivity contribution is 6.22. The van der Waals surface area contributed by atoms with E-state index >= 15 is 0 Å². The first-order chi connectivity index (χ1) is 17.5. The summed E-state index contributed by atoms with van der Waals surface area (Å²) in [6, 6.07) is 20.3. The lowest BCUT2D eigenvalue weighted by Crippen LogP contribution is -2.32. The van der Waals surface area contributed by atoms with Gasteiger partial charge in [-0.2, -0.15) is 0 Å². The fourth-order valence-electron chi connectivity index (χ4n) is 5.44. The van der Waals surface area contributed by atoms with E-state index in [4.69, 9.17) is 9.47 Å². The average Bonchev–Trinajstić information content (AvgIpc) is 3.58. The van der Waals surface area contributed by atoms with E-state index in [-0.39, 0.29) is 41.2 Å². The van der Waals surface area contributed by atoms with Gasteiger partial charge in [-0.25, -0.2) is 0 Å². The average molecular weight is 482 g/mol. The number of hydrogen-bond acceptors (Lipinski definition) is 6. The number of nitro groups is 1. The molecule has 1 saturated carbocycles. The second kappa shape index (κ2) is 8.64. The van der Waals surface area contributed by atoms with E-state index in [1.54, 1.807) is 48.5 Å². The van der Waals surface area contributed by atoms with Crippen LogP contribution < -0.4 is 14.4 Å². The summed E-state index contributed by atoms with van der Waals surface area (Å²) in [5, 5.41) is 10.8. The van der Waals surface area contributed by atoms with Gasteiger partial charge in [-0.3, -0.25) is 24.6 Å². The molecule has 2 bridgehead atoms. The number of ether oxygens (including phenoxy) is 2. The van der Waals surface area contributed by atoms with Crippen molar-refractivity contribution in [1.29, 1.82) is 0 Å². The summed E-state index contributed by atoms with van der Waals surface area (Å²) in [7, 11) is 0. The summed E-state index contributed by atoms with van der Waals surface area (Å²) in [6.07, 6.45) is 5.09. The fraction of sp³-hybridized carbons (Fsp3) is 0.214. The monoisotopic (exact) mass is 482 g/mol. The smallest absolute Gasteiger partial charge is 0.269 e. The Kier molecular flexibility index (Phi) is 5.29. The molecule has 0 radical (unpaired) electrons. The Morgan fingerprint density at radius 2 is 1.31 bits per heavy atom. The molecule has 0 spiro atoms. The highest BCUT2D eigenvalue weighted by Gasteiger charge is 2.59. The number of amides is 2. The minimum Gasteiger partial charge on any atom is -0.489 e. The van der Waals surface area contributed by atoms with Crippen LogP contribution in [0.4, 0.5) is 11.4 Å². The van der Waals surface area contributed by atoms with Crippen LogP contribution in [0.15, 0.2) is 84.9 Å². The van der Waals surface area contributed by atoms with Crippen LogP contribution >= 0.6 is 0 Å². The number of allylic oxidation sites excluding steroid dienone is 2. The molecule has 1 aliphatic heterocycles. The number of fused-ring (bicyclic) bond motifs is 5. The van der Waals surface area contributed by atoms with Gasteiger partial charge in [0.1, 0.15) is 23.9 Å². The van der Waals surface area contributed by atoms with E-state index in [2.05, 4.69) is 12.2 Å². The van der Waals surface area contributed by atoms with Crippen molar-refractivity contribution in [2.24, 2.45) is 23.7 Å². The third kappa shape index (κ3) is 3.80. The Labute approximate surface area is 206 Å². The van der Waals surface area contributed by atoms with Gasteiger partial charge >= 0.3 is 0 Å². The number of benzene rings is 3. The lowest BCUT2D eigenvalue weighted by Gasteiger charge is -2.17. The molecule has 0 aromatic heterocycles. The first kappa shape index (κ1) is 22.0. The van der Waals surface area contributed by atoms with E-state index in [9.17, 15) is 19.7 Å². The van der Waals surface area contributed by atoms with Gasteiger partial charge in [-0.05, 0) is 72.4 Å². The zero-order valence-electron chi connectivity index (χ0n) is 19.2. The van der Waals surface area contributed by atoms with Crippen LogP contribution in [0.2, 0.25) is 0 Å². The Hall–Kier alpha value is -4.46. The fourth-order valence-corrected chi connectivity index (χ4v) is 5.44. The van der Waals surface area contributed by atoms with Crippen molar-refractivity contribution >= 4 is 23.2 Å². The van der Waals surface area contributed by atoms with Crippen molar-refractivity contribution in [1.82, 2.24) is 0 Å². The van der Waals surface area contributed by atoms with Crippen LogP contribution in [0.1, 0.15) is 12.0 Å². The van der Waals surface area contributed by atoms with E-state index in [1.165, 1.54) is 17.0 Å². The lowest BCUT2D eigenvalue weighted by molar-refractivity contribution is -0.384. The van der Waals surface area contributed by atoms with Gasteiger partial charge in [0, 0.05) is 12.1 Å². The Morgan fingerprint density at radius 3 is 1.86 bits per heavy atom. The minimum atomic E-state index is -0.455. The molecule has 3 aliphatic rings. The highest BCUT2D eigenvalue weighted by Crippen LogP contribution is 2.53. The zero-order valence-corrected chi connectivity index (χ0v) is 19.2. The molecule has 2 fully saturated rings. The Bertz CT molecular complexity index is 1330. The minimum absolute atomic E-state index is 0.00765. The molecule has 3 aromatic carbocycles. The van der Waals surface area contributed by atoms with Crippen molar-refractivity contribution in [3.05, 3.63) is 101 Å². The molecule has 1 saturated heterocycles. The molecule has 3 aromatic rings. The number of nitro benzene ring substituents is 1. The topological polar surface area (TPSA) is 99.0 Å². The van der Waals surface area contributed by atoms with Gasteiger partial charge in [0.05, 0.1) is 22.4 Å². The van der Waals surface area contributed by atoms with Crippen LogP contribution in [0.3, 0.4) is 0 Å². The summed E-state index contributed by atoms with van der Waals surface area (Å²) in [4.78, 5) is 37.6. The second-order valence-electron chi connectivity index (χ2n) is 9.29.